The molecule has 2 aliphatic rings. The van der Waals surface area contributed by atoms with E-state index in [4.69, 9.17) is 4.99 Å². The van der Waals surface area contributed by atoms with E-state index in [0.717, 1.165) is 32.0 Å². The van der Waals surface area contributed by atoms with Gasteiger partial charge in [-0.3, -0.25) is 4.99 Å². The standard InChI is InChI=1S/C16H29N3S.HI/c1-3-17-15(18-11-9-14-7-4-5-8-14)19-13-16(2)10-6-12-20-16;/h7H,3-6,8-13H2,1-2H3,(H2,17,18,19);1H. The molecule has 21 heavy (non-hydrogen) atoms. The van der Waals surface area contributed by atoms with Crippen molar-refractivity contribution in [1.29, 1.82) is 0 Å². The summed E-state index contributed by atoms with van der Waals surface area (Å²) in [7, 11) is 0. The van der Waals surface area contributed by atoms with Crippen LogP contribution >= 0.6 is 35.7 Å². The maximum atomic E-state index is 4.79. The zero-order valence-corrected chi connectivity index (χ0v) is 16.6. The van der Waals surface area contributed by atoms with Gasteiger partial charge in [-0.1, -0.05) is 11.6 Å². The van der Waals surface area contributed by atoms with Crippen molar-refractivity contribution in [3.63, 3.8) is 0 Å². The number of nitrogens with one attached hydrogen (secondary N) is 2. The summed E-state index contributed by atoms with van der Waals surface area (Å²) < 4.78 is 0.357. The van der Waals surface area contributed by atoms with Crippen LogP contribution in [0, 0.1) is 0 Å². The second-order valence-electron chi connectivity index (χ2n) is 6.03. The number of hydrogen-bond donors (Lipinski definition) is 2. The summed E-state index contributed by atoms with van der Waals surface area (Å²) in [6.45, 7) is 7.33. The lowest BCUT2D eigenvalue weighted by Crippen LogP contribution is -2.39. The first kappa shape index (κ1) is 19.1. The fraction of sp³-hybridized carbons (Fsp3) is 0.812. The molecule has 122 valence electrons. The van der Waals surface area contributed by atoms with Gasteiger partial charge in [-0.15, -0.1) is 24.0 Å². The molecule has 1 heterocycles. The third kappa shape index (κ3) is 6.80. The minimum absolute atomic E-state index is 0. The molecule has 0 aromatic rings. The largest absolute Gasteiger partial charge is 0.357 e. The third-order valence-electron chi connectivity index (χ3n) is 4.09. The van der Waals surface area contributed by atoms with Crippen molar-refractivity contribution in [2.75, 3.05) is 25.4 Å². The highest BCUT2D eigenvalue weighted by atomic mass is 127. The van der Waals surface area contributed by atoms with E-state index >= 15 is 0 Å². The first-order valence-corrected chi connectivity index (χ1v) is 9.04. The van der Waals surface area contributed by atoms with Gasteiger partial charge in [0.15, 0.2) is 5.96 Å². The molecule has 0 radical (unpaired) electrons. The van der Waals surface area contributed by atoms with E-state index in [-0.39, 0.29) is 24.0 Å². The van der Waals surface area contributed by atoms with Crippen molar-refractivity contribution in [3.8, 4) is 0 Å². The molecule has 1 unspecified atom stereocenters. The van der Waals surface area contributed by atoms with Gasteiger partial charge < -0.3 is 10.6 Å². The Hall–Kier alpha value is 0.0900. The van der Waals surface area contributed by atoms with Crippen molar-refractivity contribution in [2.45, 2.75) is 57.1 Å². The monoisotopic (exact) mass is 423 g/mol. The molecular weight excluding hydrogens is 393 g/mol. The normalized spacial score (nSPS) is 25.4. The predicted molar refractivity (Wildman–Crippen MR) is 106 cm³/mol. The molecule has 1 aliphatic heterocycles. The minimum Gasteiger partial charge on any atom is -0.357 e. The molecule has 0 aromatic heterocycles. The zero-order chi connectivity index (χ0) is 14.3. The number of rotatable bonds is 6. The second kappa shape index (κ2) is 9.98. The lowest BCUT2D eigenvalue weighted by atomic mass is 10.1. The Morgan fingerprint density at radius 2 is 2.24 bits per heavy atom. The van der Waals surface area contributed by atoms with Crippen LogP contribution in [0.5, 0.6) is 0 Å². The zero-order valence-electron chi connectivity index (χ0n) is 13.4. The van der Waals surface area contributed by atoms with Crippen LogP contribution in [-0.4, -0.2) is 36.1 Å². The van der Waals surface area contributed by atoms with E-state index in [2.05, 4.69) is 42.3 Å². The van der Waals surface area contributed by atoms with Crippen LogP contribution in [0.4, 0.5) is 0 Å². The molecule has 1 aliphatic carbocycles. The van der Waals surface area contributed by atoms with E-state index < -0.39 is 0 Å². The molecule has 1 fully saturated rings. The number of halogens is 1. The molecule has 0 bridgehead atoms. The van der Waals surface area contributed by atoms with Gasteiger partial charge in [0.1, 0.15) is 0 Å². The number of guanidine groups is 1. The lowest BCUT2D eigenvalue weighted by Gasteiger charge is -2.21. The highest BCUT2D eigenvalue weighted by molar-refractivity contribution is 14.0. The summed E-state index contributed by atoms with van der Waals surface area (Å²) in [6, 6.07) is 0. The lowest BCUT2D eigenvalue weighted by molar-refractivity contribution is 0.614. The van der Waals surface area contributed by atoms with Gasteiger partial charge >= 0.3 is 0 Å². The number of allylic oxidation sites excluding steroid dienone is 1. The summed E-state index contributed by atoms with van der Waals surface area (Å²) in [5, 5.41) is 6.84. The van der Waals surface area contributed by atoms with E-state index in [9.17, 15) is 0 Å². The smallest absolute Gasteiger partial charge is 0.191 e. The molecule has 0 spiro atoms. The van der Waals surface area contributed by atoms with Crippen molar-refractivity contribution in [2.24, 2.45) is 4.99 Å². The van der Waals surface area contributed by atoms with Gasteiger partial charge in [-0.05, 0) is 58.1 Å². The van der Waals surface area contributed by atoms with Gasteiger partial charge in [0.05, 0.1) is 6.54 Å². The predicted octanol–water partition coefficient (Wildman–Crippen LogP) is 3.95. The number of thioether (sulfide) groups is 1. The molecule has 2 N–H and O–H groups in total. The molecule has 5 heteroatoms. The fourth-order valence-corrected chi connectivity index (χ4v) is 4.08. The summed E-state index contributed by atoms with van der Waals surface area (Å²) >= 11 is 2.08. The van der Waals surface area contributed by atoms with Gasteiger partial charge in [0, 0.05) is 17.8 Å². The average molecular weight is 423 g/mol. The van der Waals surface area contributed by atoms with Gasteiger partial charge in [0.2, 0.25) is 0 Å². The van der Waals surface area contributed by atoms with E-state index in [0.29, 0.717) is 4.75 Å². The van der Waals surface area contributed by atoms with Crippen LogP contribution < -0.4 is 10.6 Å². The quantitative estimate of drug-likeness (QED) is 0.294. The van der Waals surface area contributed by atoms with E-state index in [1.807, 2.05) is 0 Å². The van der Waals surface area contributed by atoms with Crippen molar-refractivity contribution < 1.29 is 0 Å². The topological polar surface area (TPSA) is 36.4 Å². The number of aliphatic imine (C=N–C) groups is 1. The van der Waals surface area contributed by atoms with Gasteiger partial charge in [0.25, 0.3) is 0 Å². The van der Waals surface area contributed by atoms with Gasteiger partial charge in [-0.25, -0.2) is 0 Å². The number of nitrogens with zero attached hydrogens (tertiary/aromatic N) is 1. The summed E-state index contributed by atoms with van der Waals surface area (Å²) in [5.41, 5.74) is 1.62. The van der Waals surface area contributed by atoms with Crippen LogP contribution in [0.2, 0.25) is 0 Å². The first-order valence-electron chi connectivity index (χ1n) is 8.06. The third-order valence-corrected chi connectivity index (χ3v) is 5.61. The van der Waals surface area contributed by atoms with Crippen LogP contribution in [0.1, 0.15) is 52.4 Å². The van der Waals surface area contributed by atoms with Crippen molar-refractivity contribution >= 4 is 41.7 Å². The van der Waals surface area contributed by atoms with E-state index in [1.54, 1.807) is 5.57 Å². The summed E-state index contributed by atoms with van der Waals surface area (Å²) in [5.74, 6) is 2.28. The molecule has 0 saturated carbocycles. The average Bonchev–Trinajstić information content (AvgIpc) is 3.08. The van der Waals surface area contributed by atoms with Crippen molar-refractivity contribution in [3.05, 3.63) is 11.6 Å². The minimum atomic E-state index is 0. The van der Waals surface area contributed by atoms with Crippen LogP contribution in [0.3, 0.4) is 0 Å². The molecule has 3 nitrogen and oxygen atoms in total. The van der Waals surface area contributed by atoms with Crippen LogP contribution in [0.25, 0.3) is 0 Å². The Kier molecular flexibility index (Phi) is 9.09. The Morgan fingerprint density at radius 1 is 1.38 bits per heavy atom. The molecule has 1 saturated heterocycles. The van der Waals surface area contributed by atoms with Crippen LogP contribution in [0.15, 0.2) is 16.6 Å². The van der Waals surface area contributed by atoms with E-state index in [1.165, 1.54) is 37.9 Å². The molecule has 2 rings (SSSR count). The molecule has 0 amide bonds. The SMILES string of the molecule is CCNC(=NCC1(C)CCCS1)NCCC1=CCCC1.I. The maximum Gasteiger partial charge on any atom is 0.191 e. The fourth-order valence-electron chi connectivity index (χ4n) is 2.86. The highest BCUT2D eigenvalue weighted by Gasteiger charge is 2.29. The maximum absolute atomic E-state index is 4.79. The van der Waals surface area contributed by atoms with Gasteiger partial charge in [-0.2, -0.15) is 11.8 Å². The molecule has 1 atom stereocenters. The molecular formula is C16H30IN3S. The Balaban J connectivity index is 0.00000220. The van der Waals surface area contributed by atoms with Crippen LogP contribution in [-0.2, 0) is 0 Å². The molecule has 0 aromatic carbocycles. The first-order chi connectivity index (χ1) is 9.72. The Bertz CT molecular complexity index is 363. The summed E-state index contributed by atoms with van der Waals surface area (Å²) in [4.78, 5) is 4.79. The van der Waals surface area contributed by atoms with Crippen molar-refractivity contribution in [1.82, 2.24) is 10.6 Å². The Morgan fingerprint density at radius 3 is 2.86 bits per heavy atom. The number of hydrogen-bond acceptors (Lipinski definition) is 2. The Labute approximate surface area is 151 Å². The summed E-state index contributed by atoms with van der Waals surface area (Å²) in [6.07, 6.45) is 10.1. The highest BCUT2D eigenvalue weighted by Crippen LogP contribution is 2.37. The second-order valence-corrected chi connectivity index (χ2v) is 7.71.